The first-order valence-corrected chi connectivity index (χ1v) is 9.59. The molecular formula is C19H23NO3S. The van der Waals surface area contributed by atoms with E-state index in [0.29, 0.717) is 6.54 Å². The Morgan fingerprint density at radius 1 is 1.21 bits per heavy atom. The number of nitrogens with one attached hydrogen (secondary N) is 1. The van der Waals surface area contributed by atoms with Gasteiger partial charge in [-0.2, -0.15) is 11.8 Å². The third-order valence-corrected chi connectivity index (χ3v) is 5.09. The minimum absolute atomic E-state index is 0.0676. The van der Waals surface area contributed by atoms with Crippen molar-refractivity contribution in [2.24, 2.45) is 0 Å². The Bertz CT molecular complexity index is 655. The normalized spacial score (nSPS) is 13.3. The molecule has 0 spiro atoms. The van der Waals surface area contributed by atoms with E-state index in [0.717, 1.165) is 35.9 Å². The minimum Gasteiger partial charge on any atom is -0.483 e. The Kier molecular flexibility index (Phi) is 6.24. The van der Waals surface area contributed by atoms with Gasteiger partial charge in [-0.1, -0.05) is 12.1 Å². The lowest BCUT2D eigenvalue weighted by Gasteiger charge is -2.19. The first kappa shape index (κ1) is 17.0. The zero-order chi connectivity index (χ0) is 16.6. The lowest BCUT2D eigenvalue weighted by atomic mass is 9.91. The lowest BCUT2D eigenvalue weighted by Crippen LogP contribution is -2.30. The molecular weight excluding hydrogens is 322 g/mol. The number of amides is 1. The van der Waals surface area contributed by atoms with Crippen LogP contribution in [0.4, 0.5) is 0 Å². The number of furan rings is 1. The molecule has 1 aliphatic rings. The van der Waals surface area contributed by atoms with Gasteiger partial charge in [-0.05, 0) is 55.0 Å². The molecule has 0 saturated heterocycles. The molecule has 0 atom stereocenters. The van der Waals surface area contributed by atoms with E-state index in [4.69, 9.17) is 9.15 Å². The fraction of sp³-hybridized carbons (Fsp3) is 0.421. The maximum atomic E-state index is 11.9. The first-order valence-electron chi connectivity index (χ1n) is 8.43. The molecule has 1 heterocycles. The number of rotatable bonds is 8. The summed E-state index contributed by atoms with van der Waals surface area (Å²) >= 11 is 1.74. The number of carbonyl (C=O) groups is 1. The van der Waals surface area contributed by atoms with Crippen LogP contribution in [0, 0.1) is 0 Å². The molecule has 24 heavy (non-hydrogen) atoms. The fourth-order valence-corrected chi connectivity index (χ4v) is 3.66. The minimum atomic E-state index is -0.0676. The first-order chi connectivity index (χ1) is 11.8. The SMILES string of the molecule is O=C(COc1cccc2c1CCCC2)NCCSCc1ccco1. The van der Waals surface area contributed by atoms with E-state index in [1.165, 1.54) is 24.0 Å². The predicted molar refractivity (Wildman–Crippen MR) is 96.5 cm³/mol. The van der Waals surface area contributed by atoms with Gasteiger partial charge in [0, 0.05) is 12.3 Å². The van der Waals surface area contributed by atoms with Crippen molar-refractivity contribution >= 4 is 17.7 Å². The molecule has 0 bridgehead atoms. The van der Waals surface area contributed by atoms with Gasteiger partial charge in [-0.25, -0.2) is 0 Å². The molecule has 0 radical (unpaired) electrons. The number of benzene rings is 1. The van der Waals surface area contributed by atoms with Crippen LogP contribution in [0.3, 0.4) is 0 Å². The molecule has 1 aliphatic carbocycles. The van der Waals surface area contributed by atoms with Crippen molar-refractivity contribution in [3.05, 3.63) is 53.5 Å². The van der Waals surface area contributed by atoms with E-state index in [9.17, 15) is 4.79 Å². The monoisotopic (exact) mass is 345 g/mol. The maximum Gasteiger partial charge on any atom is 0.257 e. The van der Waals surface area contributed by atoms with Crippen LogP contribution < -0.4 is 10.1 Å². The Morgan fingerprint density at radius 2 is 2.12 bits per heavy atom. The summed E-state index contributed by atoms with van der Waals surface area (Å²) in [4.78, 5) is 11.9. The van der Waals surface area contributed by atoms with Crippen LogP contribution in [-0.4, -0.2) is 24.8 Å². The number of thioether (sulfide) groups is 1. The fourth-order valence-electron chi connectivity index (χ4n) is 2.91. The highest BCUT2D eigenvalue weighted by molar-refractivity contribution is 7.98. The zero-order valence-electron chi connectivity index (χ0n) is 13.8. The van der Waals surface area contributed by atoms with Gasteiger partial charge in [-0.3, -0.25) is 4.79 Å². The van der Waals surface area contributed by atoms with Crippen molar-refractivity contribution < 1.29 is 13.9 Å². The Morgan fingerprint density at radius 3 is 3.00 bits per heavy atom. The molecule has 0 unspecified atom stereocenters. The number of ether oxygens (including phenoxy) is 1. The van der Waals surface area contributed by atoms with Crippen molar-refractivity contribution in [1.29, 1.82) is 0 Å². The van der Waals surface area contributed by atoms with Crippen molar-refractivity contribution in [3.8, 4) is 5.75 Å². The van der Waals surface area contributed by atoms with E-state index in [2.05, 4.69) is 11.4 Å². The van der Waals surface area contributed by atoms with E-state index >= 15 is 0 Å². The van der Waals surface area contributed by atoms with Crippen molar-refractivity contribution in [3.63, 3.8) is 0 Å². The average Bonchev–Trinajstić information content (AvgIpc) is 3.13. The van der Waals surface area contributed by atoms with Crippen molar-refractivity contribution in [2.45, 2.75) is 31.4 Å². The van der Waals surface area contributed by atoms with Gasteiger partial charge in [0.2, 0.25) is 0 Å². The Hall–Kier alpha value is -1.88. The molecule has 2 aromatic rings. The highest BCUT2D eigenvalue weighted by atomic mass is 32.2. The standard InChI is InChI=1S/C19H23NO3S/c21-19(20-10-12-24-14-16-7-4-11-22-16)13-23-18-9-3-6-15-5-1-2-8-17(15)18/h3-4,6-7,9,11H,1-2,5,8,10,12-14H2,(H,20,21). The summed E-state index contributed by atoms with van der Waals surface area (Å²) in [6, 6.07) is 9.99. The summed E-state index contributed by atoms with van der Waals surface area (Å²) in [6.07, 6.45) is 6.29. The van der Waals surface area contributed by atoms with Crippen LogP contribution >= 0.6 is 11.8 Å². The summed E-state index contributed by atoms with van der Waals surface area (Å²) in [5.74, 6) is 3.45. The number of fused-ring (bicyclic) bond motifs is 1. The smallest absolute Gasteiger partial charge is 0.257 e. The Balaban J connectivity index is 1.35. The van der Waals surface area contributed by atoms with Gasteiger partial charge in [0.1, 0.15) is 11.5 Å². The number of hydrogen-bond donors (Lipinski definition) is 1. The van der Waals surface area contributed by atoms with Gasteiger partial charge in [-0.15, -0.1) is 0 Å². The largest absolute Gasteiger partial charge is 0.483 e. The third kappa shape index (κ3) is 4.81. The molecule has 5 heteroatoms. The number of hydrogen-bond acceptors (Lipinski definition) is 4. The molecule has 0 saturated carbocycles. The highest BCUT2D eigenvalue weighted by Gasteiger charge is 2.14. The molecule has 1 amide bonds. The highest BCUT2D eigenvalue weighted by Crippen LogP contribution is 2.29. The molecule has 0 fully saturated rings. The van der Waals surface area contributed by atoms with Gasteiger partial charge in [0.05, 0.1) is 12.0 Å². The number of carbonyl (C=O) groups excluding carboxylic acids is 1. The van der Waals surface area contributed by atoms with Crippen LogP contribution in [0.25, 0.3) is 0 Å². The summed E-state index contributed by atoms with van der Waals surface area (Å²) in [5.41, 5.74) is 2.65. The van der Waals surface area contributed by atoms with Crippen LogP contribution in [0.2, 0.25) is 0 Å². The molecule has 0 aliphatic heterocycles. The average molecular weight is 345 g/mol. The lowest BCUT2D eigenvalue weighted by molar-refractivity contribution is -0.122. The van der Waals surface area contributed by atoms with Crippen molar-refractivity contribution in [2.75, 3.05) is 18.9 Å². The molecule has 4 nitrogen and oxygen atoms in total. The summed E-state index contributed by atoms with van der Waals surface area (Å²) < 4.78 is 11.0. The number of aryl methyl sites for hydroxylation is 1. The molecule has 128 valence electrons. The zero-order valence-corrected chi connectivity index (χ0v) is 14.6. The second-order valence-electron chi connectivity index (χ2n) is 5.87. The van der Waals surface area contributed by atoms with E-state index in [-0.39, 0.29) is 12.5 Å². The van der Waals surface area contributed by atoms with Gasteiger partial charge in [0.15, 0.2) is 6.61 Å². The second kappa shape index (κ2) is 8.83. The second-order valence-corrected chi connectivity index (χ2v) is 6.98. The summed E-state index contributed by atoms with van der Waals surface area (Å²) in [6.45, 7) is 0.722. The molecule has 1 aromatic heterocycles. The van der Waals surface area contributed by atoms with Crippen LogP contribution in [0.15, 0.2) is 41.0 Å². The Labute approximate surface area is 147 Å². The predicted octanol–water partition coefficient (Wildman–Crippen LogP) is 3.59. The van der Waals surface area contributed by atoms with Gasteiger partial charge < -0.3 is 14.5 Å². The molecule has 3 rings (SSSR count). The summed E-state index contributed by atoms with van der Waals surface area (Å²) in [7, 11) is 0. The van der Waals surface area contributed by atoms with Gasteiger partial charge >= 0.3 is 0 Å². The summed E-state index contributed by atoms with van der Waals surface area (Å²) in [5, 5.41) is 2.90. The maximum absolute atomic E-state index is 11.9. The van der Waals surface area contributed by atoms with Crippen LogP contribution in [0.5, 0.6) is 5.75 Å². The molecule has 1 aromatic carbocycles. The topological polar surface area (TPSA) is 51.5 Å². The third-order valence-electron chi connectivity index (χ3n) is 4.10. The van der Waals surface area contributed by atoms with E-state index < -0.39 is 0 Å². The van der Waals surface area contributed by atoms with Crippen LogP contribution in [0.1, 0.15) is 29.7 Å². The quantitative estimate of drug-likeness (QED) is 0.743. The van der Waals surface area contributed by atoms with Crippen LogP contribution in [-0.2, 0) is 23.4 Å². The van der Waals surface area contributed by atoms with Crippen molar-refractivity contribution in [1.82, 2.24) is 5.32 Å². The molecule has 1 N–H and O–H groups in total. The van der Waals surface area contributed by atoms with E-state index in [1.54, 1.807) is 18.0 Å². The van der Waals surface area contributed by atoms with Gasteiger partial charge in [0.25, 0.3) is 5.91 Å². The van der Waals surface area contributed by atoms with E-state index in [1.807, 2.05) is 24.3 Å².